The Balaban J connectivity index is 2.68. The standard InChI is InChI=1S/C14H27NO3/c1-6-9-15-14(12(16)17-5)8-7-11(10-14)18-13(2,3)4/h11,15H,6-10H2,1-5H3. The molecule has 0 aromatic heterocycles. The van der Waals surface area contributed by atoms with Crippen LogP contribution in [0.2, 0.25) is 0 Å². The van der Waals surface area contributed by atoms with Gasteiger partial charge in [0.1, 0.15) is 5.54 Å². The average molecular weight is 257 g/mol. The van der Waals surface area contributed by atoms with Gasteiger partial charge in [0, 0.05) is 6.42 Å². The van der Waals surface area contributed by atoms with Crippen molar-refractivity contribution in [2.24, 2.45) is 0 Å². The van der Waals surface area contributed by atoms with Crippen molar-refractivity contribution >= 4 is 5.97 Å². The summed E-state index contributed by atoms with van der Waals surface area (Å²) >= 11 is 0. The zero-order valence-corrected chi connectivity index (χ0v) is 12.3. The van der Waals surface area contributed by atoms with E-state index in [-0.39, 0.29) is 17.7 Å². The molecule has 18 heavy (non-hydrogen) atoms. The number of methoxy groups -OCH3 is 1. The third-order valence-electron chi connectivity index (χ3n) is 3.28. The van der Waals surface area contributed by atoms with Gasteiger partial charge < -0.3 is 14.8 Å². The molecule has 0 aromatic carbocycles. The zero-order valence-electron chi connectivity index (χ0n) is 12.3. The van der Waals surface area contributed by atoms with Gasteiger partial charge in [0.25, 0.3) is 0 Å². The van der Waals surface area contributed by atoms with Crippen molar-refractivity contribution in [2.75, 3.05) is 13.7 Å². The summed E-state index contributed by atoms with van der Waals surface area (Å²) in [6, 6.07) is 0. The maximum Gasteiger partial charge on any atom is 0.326 e. The second-order valence-electron chi connectivity index (χ2n) is 6.10. The molecule has 1 aliphatic carbocycles. The predicted octanol–water partition coefficient (Wildman–Crippen LogP) is 2.27. The molecule has 106 valence electrons. The van der Waals surface area contributed by atoms with Gasteiger partial charge in [-0.1, -0.05) is 6.92 Å². The molecule has 4 nitrogen and oxygen atoms in total. The minimum absolute atomic E-state index is 0.133. The summed E-state index contributed by atoms with van der Waals surface area (Å²) in [5.74, 6) is -0.157. The lowest BCUT2D eigenvalue weighted by Gasteiger charge is -2.29. The molecule has 1 fully saturated rings. The van der Waals surface area contributed by atoms with Gasteiger partial charge in [-0.05, 0) is 46.6 Å². The molecule has 1 saturated carbocycles. The first-order chi connectivity index (χ1) is 8.33. The smallest absolute Gasteiger partial charge is 0.326 e. The van der Waals surface area contributed by atoms with Crippen molar-refractivity contribution in [3.63, 3.8) is 0 Å². The summed E-state index contributed by atoms with van der Waals surface area (Å²) in [7, 11) is 1.45. The highest BCUT2D eigenvalue weighted by Gasteiger charge is 2.47. The van der Waals surface area contributed by atoms with Crippen LogP contribution < -0.4 is 5.32 Å². The number of ether oxygens (including phenoxy) is 2. The van der Waals surface area contributed by atoms with Gasteiger partial charge in [-0.15, -0.1) is 0 Å². The molecular formula is C14H27NO3. The van der Waals surface area contributed by atoms with Gasteiger partial charge in [-0.2, -0.15) is 0 Å². The van der Waals surface area contributed by atoms with Crippen molar-refractivity contribution in [1.29, 1.82) is 0 Å². The number of carbonyl (C=O) groups is 1. The SMILES string of the molecule is CCCNC1(C(=O)OC)CCC(OC(C)(C)C)C1. The predicted molar refractivity (Wildman–Crippen MR) is 71.5 cm³/mol. The highest BCUT2D eigenvalue weighted by molar-refractivity contribution is 5.81. The second kappa shape index (κ2) is 6.02. The Hall–Kier alpha value is -0.610. The summed E-state index contributed by atoms with van der Waals surface area (Å²) in [6.45, 7) is 9.06. The zero-order chi connectivity index (χ0) is 13.8. The molecule has 0 amide bonds. The molecule has 0 spiro atoms. The third-order valence-corrected chi connectivity index (χ3v) is 3.28. The maximum atomic E-state index is 12.0. The van der Waals surface area contributed by atoms with E-state index in [1.54, 1.807) is 0 Å². The van der Waals surface area contributed by atoms with Gasteiger partial charge >= 0.3 is 5.97 Å². The molecule has 1 aliphatic rings. The molecule has 4 heteroatoms. The van der Waals surface area contributed by atoms with E-state index in [9.17, 15) is 4.79 Å². The molecule has 0 saturated heterocycles. The minimum atomic E-state index is -0.541. The lowest BCUT2D eigenvalue weighted by atomic mass is 9.97. The van der Waals surface area contributed by atoms with Crippen LogP contribution in [0.25, 0.3) is 0 Å². The van der Waals surface area contributed by atoms with E-state index in [0.29, 0.717) is 6.42 Å². The number of hydrogen-bond donors (Lipinski definition) is 1. The first-order valence-corrected chi connectivity index (χ1v) is 6.84. The minimum Gasteiger partial charge on any atom is -0.468 e. The first-order valence-electron chi connectivity index (χ1n) is 6.84. The van der Waals surface area contributed by atoms with Crippen molar-refractivity contribution in [3.05, 3.63) is 0 Å². The van der Waals surface area contributed by atoms with E-state index >= 15 is 0 Å². The van der Waals surface area contributed by atoms with Crippen LogP contribution in [0.1, 0.15) is 53.4 Å². The van der Waals surface area contributed by atoms with E-state index in [1.165, 1.54) is 7.11 Å². The second-order valence-corrected chi connectivity index (χ2v) is 6.10. The monoisotopic (exact) mass is 257 g/mol. The average Bonchev–Trinajstić information content (AvgIpc) is 2.67. The number of nitrogens with one attached hydrogen (secondary N) is 1. The molecule has 0 radical (unpaired) electrons. The maximum absolute atomic E-state index is 12.0. The Bertz CT molecular complexity index is 285. The largest absolute Gasteiger partial charge is 0.468 e. The van der Waals surface area contributed by atoms with Gasteiger partial charge in [-0.25, -0.2) is 0 Å². The Kier molecular flexibility index (Phi) is 5.17. The van der Waals surface area contributed by atoms with E-state index in [0.717, 1.165) is 25.8 Å². The Morgan fingerprint density at radius 2 is 2.11 bits per heavy atom. The molecule has 0 aromatic rings. The Morgan fingerprint density at radius 3 is 2.61 bits per heavy atom. The number of carbonyl (C=O) groups excluding carboxylic acids is 1. The molecule has 1 N–H and O–H groups in total. The van der Waals surface area contributed by atoms with Gasteiger partial charge in [0.2, 0.25) is 0 Å². The van der Waals surface area contributed by atoms with E-state index < -0.39 is 5.54 Å². The molecule has 0 bridgehead atoms. The molecule has 0 heterocycles. The quantitative estimate of drug-likeness (QED) is 0.768. The first kappa shape index (κ1) is 15.4. The van der Waals surface area contributed by atoms with Crippen LogP contribution in [-0.2, 0) is 14.3 Å². The van der Waals surface area contributed by atoms with E-state index in [4.69, 9.17) is 9.47 Å². The van der Waals surface area contributed by atoms with E-state index in [2.05, 4.69) is 12.2 Å². The van der Waals surface area contributed by atoms with Gasteiger partial charge in [-0.3, -0.25) is 4.79 Å². The molecular weight excluding hydrogens is 230 g/mol. The van der Waals surface area contributed by atoms with Crippen molar-refractivity contribution < 1.29 is 14.3 Å². The molecule has 2 unspecified atom stereocenters. The fourth-order valence-corrected chi connectivity index (χ4v) is 2.58. The highest BCUT2D eigenvalue weighted by Crippen LogP contribution is 2.35. The van der Waals surface area contributed by atoms with Crippen LogP contribution in [-0.4, -0.2) is 36.9 Å². The fraction of sp³-hybridized carbons (Fsp3) is 0.929. The van der Waals surface area contributed by atoms with Crippen LogP contribution in [0.3, 0.4) is 0 Å². The Labute approximate surface area is 110 Å². The lowest BCUT2D eigenvalue weighted by molar-refractivity contribution is -0.149. The fourth-order valence-electron chi connectivity index (χ4n) is 2.58. The number of esters is 1. The summed E-state index contributed by atoms with van der Waals surface area (Å²) in [5, 5.41) is 3.36. The van der Waals surface area contributed by atoms with Crippen LogP contribution in [0.5, 0.6) is 0 Å². The van der Waals surface area contributed by atoms with Gasteiger partial charge in [0.05, 0.1) is 18.8 Å². The van der Waals surface area contributed by atoms with Crippen molar-refractivity contribution in [2.45, 2.75) is 70.6 Å². The summed E-state index contributed by atoms with van der Waals surface area (Å²) < 4.78 is 10.9. The molecule has 1 rings (SSSR count). The van der Waals surface area contributed by atoms with Crippen molar-refractivity contribution in [1.82, 2.24) is 5.32 Å². The Morgan fingerprint density at radius 1 is 1.44 bits per heavy atom. The molecule has 2 atom stereocenters. The molecule has 0 aliphatic heterocycles. The normalized spacial score (nSPS) is 28.4. The third kappa shape index (κ3) is 3.95. The number of rotatable bonds is 5. The van der Waals surface area contributed by atoms with E-state index in [1.807, 2.05) is 20.8 Å². The van der Waals surface area contributed by atoms with Crippen LogP contribution >= 0.6 is 0 Å². The van der Waals surface area contributed by atoms with Gasteiger partial charge in [0.15, 0.2) is 0 Å². The van der Waals surface area contributed by atoms with Crippen LogP contribution in [0.15, 0.2) is 0 Å². The lowest BCUT2D eigenvalue weighted by Crippen LogP contribution is -2.51. The van der Waals surface area contributed by atoms with Crippen LogP contribution in [0.4, 0.5) is 0 Å². The van der Waals surface area contributed by atoms with Crippen LogP contribution in [0, 0.1) is 0 Å². The topological polar surface area (TPSA) is 47.6 Å². The summed E-state index contributed by atoms with van der Waals surface area (Å²) in [6.07, 6.45) is 3.54. The summed E-state index contributed by atoms with van der Waals surface area (Å²) in [5.41, 5.74) is -0.706. The summed E-state index contributed by atoms with van der Waals surface area (Å²) in [4.78, 5) is 12.0. The number of hydrogen-bond acceptors (Lipinski definition) is 4. The van der Waals surface area contributed by atoms with Crippen molar-refractivity contribution in [3.8, 4) is 0 Å². The highest BCUT2D eigenvalue weighted by atomic mass is 16.5.